The molecule has 0 atom stereocenters. The fourth-order valence-electron chi connectivity index (χ4n) is 2.89. The summed E-state index contributed by atoms with van der Waals surface area (Å²) in [7, 11) is 0. The highest BCUT2D eigenvalue weighted by Gasteiger charge is 2.39. The predicted molar refractivity (Wildman–Crippen MR) is 85.3 cm³/mol. The highest BCUT2D eigenvalue weighted by atomic mass is 19.4. The van der Waals surface area contributed by atoms with Gasteiger partial charge < -0.3 is 4.74 Å². The molecule has 0 amide bonds. The first kappa shape index (κ1) is 19.9. The lowest BCUT2D eigenvalue weighted by molar-refractivity contribution is -0.142. The van der Waals surface area contributed by atoms with Gasteiger partial charge in [0.15, 0.2) is 0 Å². The molecule has 0 aliphatic carbocycles. The monoisotopic (exact) mass is 406 g/mol. The molecule has 0 saturated heterocycles. The Labute approximate surface area is 153 Å². The van der Waals surface area contributed by atoms with Crippen molar-refractivity contribution in [3.05, 3.63) is 65.0 Å². The van der Waals surface area contributed by atoms with E-state index in [1.165, 1.54) is 0 Å². The van der Waals surface area contributed by atoms with Crippen LogP contribution in [0.3, 0.4) is 0 Å². The van der Waals surface area contributed by atoms with E-state index in [1.54, 1.807) is 6.92 Å². The fourth-order valence-corrected chi connectivity index (χ4v) is 2.89. The average molecular weight is 406 g/mol. The molecular weight excluding hydrogens is 396 g/mol. The number of hydrogen-bond donors (Lipinski definition) is 0. The fraction of sp³-hybridized carbons (Fsp3) is 0.158. The molecule has 0 aromatic heterocycles. The number of ether oxygens (including phenoxy) is 1. The van der Waals surface area contributed by atoms with Crippen molar-refractivity contribution in [1.29, 1.82) is 0 Å². The first-order valence-electron chi connectivity index (χ1n) is 7.85. The second kappa shape index (κ2) is 6.96. The smallest absolute Gasteiger partial charge is 0.422 e. The van der Waals surface area contributed by atoms with Crippen molar-refractivity contribution < 1.29 is 39.9 Å². The minimum absolute atomic E-state index is 0.128. The summed E-state index contributed by atoms with van der Waals surface area (Å²) < 4.78 is 114. The number of alkyl halides is 3. The average Bonchev–Trinajstić information content (AvgIpc) is 2.52. The van der Waals surface area contributed by atoms with Crippen LogP contribution in [-0.4, -0.2) is 6.61 Å². The van der Waals surface area contributed by atoms with Gasteiger partial charge in [-0.3, -0.25) is 0 Å². The van der Waals surface area contributed by atoms with Crippen molar-refractivity contribution in [2.45, 2.75) is 13.1 Å². The van der Waals surface area contributed by atoms with Crippen LogP contribution in [0.5, 0.6) is 5.75 Å². The first-order chi connectivity index (χ1) is 13.0. The highest BCUT2D eigenvalue weighted by molar-refractivity contribution is 5.89. The van der Waals surface area contributed by atoms with E-state index in [2.05, 4.69) is 0 Å². The maximum atomic E-state index is 14.4. The second-order valence-corrected chi connectivity index (χ2v) is 5.80. The van der Waals surface area contributed by atoms with E-state index in [-0.39, 0.29) is 18.4 Å². The molecule has 0 unspecified atom stereocenters. The second-order valence-electron chi connectivity index (χ2n) is 5.80. The van der Waals surface area contributed by atoms with E-state index in [0.29, 0.717) is 6.07 Å². The zero-order valence-corrected chi connectivity index (χ0v) is 14.0. The normalized spacial score (nSPS) is 11.9. The number of halogens is 8. The molecule has 0 heterocycles. The van der Waals surface area contributed by atoms with Gasteiger partial charge in [-0.05, 0) is 36.1 Å². The molecule has 0 radical (unpaired) electrons. The maximum absolute atomic E-state index is 14.4. The van der Waals surface area contributed by atoms with Crippen molar-refractivity contribution in [2.24, 2.45) is 0 Å². The Morgan fingerprint density at radius 3 is 1.93 bits per heavy atom. The summed E-state index contributed by atoms with van der Waals surface area (Å²) in [5, 5.41) is -1.75. The molecule has 3 aromatic rings. The molecule has 3 rings (SSSR count). The minimum atomic E-state index is -5.39. The van der Waals surface area contributed by atoms with Crippen LogP contribution in [0.2, 0.25) is 0 Å². The van der Waals surface area contributed by atoms with Gasteiger partial charge in [0.2, 0.25) is 0 Å². The molecule has 1 nitrogen and oxygen atoms in total. The summed E-state index contributed by atoms with van der Waals surface area (Å²) in [6.45, 7) is 1.71. The third kappa shape index (κ3) is 3.36. The molecule has 0 bridgehead atoms. The predicted octanol–water partition coefficient (Wildman–Crippen LogP) is 6.62. The molecule has 148 valence electrons. The van der Waals surface area contributed by atoms with E-state index in [0.717, 1.165) is 18.2 Å². The Morgan fingerprint density at radius 1 is 0.786 bits per heavy atom. The van der Waals surface area contributed by atoms with Crippen LogP contribution in [0.1, 0.15) is 12.5 Å². The number of fused-ring (bicyclic) bond motifs is 1. The molecule has 0 saturated carbocycles. The largest absolute Gasteiger partial charge is 0.494 e. The van der Waals surface area contributed by atoms with E-state index in [4.69, 9.17) is 4.74 Å². The van der Waals surface area contributed by atoms with Gasteiger partial charge in [0.1, 0.15) is 40.4 Å². The summed E-state index contributed by atoms with van der Waals surface area (Å²) in [6, 6.07) is 3.20. The lowest BCUT2D eigenvalue weighted by Gasteiger charge is -2.14. The van der Waals surface area contributed by atoms with Gasteiger partial charge in [-0.15, -0.1) is 0 Å². The zero-order chi connectivity index (χ0) is 20.8. The third-order valence-corrected chi connectivity index (χ3v) is 3.98. The number of rotatable bonds is 3. The molecule has 9 heteroatoms. The SMILES string of the molecule is CCOc1cc(F)c(-c2cc(F)c3c(F)c(C(F)(F)F)c(F)cc3c2)c(F)c1. The summed E-state index contributed by atoms with van der Waals surface area (Å²) in [4.78, 5) is 0. The van der Waals surface area contributed by atoms with Crippen LogP contribution in [0.15, 0.2) is 30.3 Å². The van der Waals surface area contributed by atoms with Gasteiger partial charge in [0.25, 0.3) is 0 Å². The van der Waals surface area contributed by atoms with E-state index >= 15 is 0 Å². The van der Waals surface area contributed by atoms with Gasteiger partial charge in [-0.1, -0.05) is 0 Å². The molecule has 0 aliphatic rings. The van der Waals surface area contributed by atoms with Crippen LogP contribution in [0.4, 0.5) is 35.1 Å². The van der Waals surface area contributed by atoms with E-state index in [1.807, 2.05) is 0 Å². The summed E-state index contributed by atoms with van der Waals surface area (Å²) in [6.07, 6.45) is -5.39. The van der Waals surface area contributed by atoms with E-state index in [9.17, 15) is 35.1 Å². The van der Waals surface area contributed by atoms with Crippen molar-refractivity contribution >= 4 is 10.8 Å². The molecular formula is C19H10F8O. The van der Waals surface area contributed by atoms with Gasteiger partial charge in [0, 0.05) is 12.1 Å². The maximum Gasteiger partial charge on any atom is 0.422 e. The Kier molecular flexibility index (Phi) is 4.95. The lowest BCUT2D eigenvalue weighted by Crippen LogP contribution is -2.12. The van der Waals surface area contributed by atoms with Crippen LogP contribution in [0.25, 0.3) is 21.9 Å². The van der Waals surface area contributed by atoms with Gasteiger partial charge >= 0.3 is 6.18 Å². The molecule has 0 aliphatic heterocycles. The molecule has 0 spiro atoms. The quantitative estimate of drug-likeness (QED) is 0.444. The van der Waals surface area contributed by atoms with Crippen LogP contribution < -0.4 is 4.74 Å². The zero-order valence-electron chi connectivity index (χ0n) is 14.0. The topological polar surface area (TPSA) is 9.23 Å². The third-order valence-electron chi connectivity index (χ3n) is 3.98. The van der Waals surface area contributed by atoms with Gasteiger partial charge in [-0.2, -0.15) is 13.2 Å². The molecule has 0 N–H and O–H groups in total. The first-order valence-corrected chi connectivity index (χ1v) is 7.85. The summed E-state index contributed by atoms with van der Waals surface area (Å²) in [5.41, 5.74) is -3.41. The Balaban J connectivity index is 2.27. The molecule has 0 fully saturated rings. The minimum Gasteiger partial charge on any atom is -0.494 e. The Bertz CT molecular complexity index is 1050. The van der Waals surface area contributed by atoms with Crippen molar-refractivity contribution in [2.75, 3.05) is 6.61 Å². The van der Waals surface area contributed by atoms with E-state index < -0.39 is 62.7 Å². The number of hydrogen-bond acceptors (Lipinski definition) is 1. The van der Waals surface area contributed by atoms with Crippen LogP contribution in [-0.2, 0) is 6.18 Å². The summed E-state index contributed by atoms with van der Waals surface area (Å²) in [5.74, 6) is -8.05. The van der Waals surface area contributed by atoms with Crippen LogP contribution in [0, 0.1) is 29.1 Å². The van der Waals surface area contributed by atoms with Gasteiger partial charge in [0.05, 0.1) is 17.6 Å². The van der Waals surface area contributed by atoms with Gasteiger partial charge in [-0.25, -0.2) is 22.0 Å². The summed E-state index contributed by atoms with van der Waals surface area (Å²) >= 11 is 0. The number of benzene rings is 3. The lowest BCUT2D eigenvalue weighted by atomic mass is 9.97. The molecule has 28 heavy (non-hydrogen) atoms. The Hall–Kier alpha value is -2.84. The van der Waals surface area contributed by atoms with Crippen molar-refractivity contribution in [1.82, 2.24) is 0 Å². The Morgan fingerprint density at radius 2 is 1.39 bits per heavy atom. The standard InChI is InChI=1S/C19H10F8O/c1-2-28-10-6-12(21)15(13(22)7-10)8-3-9-5-14(23)17(19(25,26)27)18(24)16(9)11(20)4-8/h3-7H,2H2,1H3. The van der Waals surface area contributed by atoms with Crippen molar-refractivity contribution in [3.8, 4) is 16.9 Å². The highest BCUT2D eigenvalue weighted by Crippen LogP contribution is 2.39. The molecule has 3 aromatic carbocycles. The van der Waals surface area contributed by atoms with Crippen LogP contribution >= 0.6 is 0 Å². The van der Waals surface area contributed by atoms with Crippen molar-refractivity contribution in [3.63, 3.8) is 0 Å².